The fraction of sp³-hybridized carbons (Fsp3) is 0.500. The third kappa shape index (κ3) is 4.24. The molecule has 0 N–H and O–H groups in total. The van der Waals surface area contributed by atoms with Gasteiger partial charge in [0, 0.05) is 25.1 Å². The van der Waals surface area contributed by atoms with Crippen LogP contribution in [0.3, 0.4) is 0 Å². The van der Waals surface area contributed by atoms with Crippen molar-refractivity contribution < 1.29 is 13.2 Å². The lowest BCUT2D eigenvalue weighted by Gasteiger charge is -2.15. The van der Waals surface area contributed by atoms with Crippen LogP contribution in [0.25, 0.3) is 0 Å². The number of sulfone groups is 1. The van der Waals surface area contributed by atoms with Crippen LogP contribution in [0.4, 0.5) is 0 Å². The van der Waals surface area contributed by atoms with E-state index in [1.54, 1.807) is 16.7 Å². The van der Waals surface area contributed by atoms with Crippen molar-refractivity contribution in [2.75, 3.05) is 25.1 Å². The Labute approximate surface area is 124 Å². The average Bonchev–Trinajstić information content (AvgIpc) is 2.89. The van der Waals surface area contributed by atoms with E-state index >= 15 is 0 Å². The van der Waals surface area contributed by atoms with E-state index in [4.69, 9.17) is 0 Å². The van der Waals surface area contributed by atoms with Gasteiger partial charge in [-0.1, -0.05) is 30.3 Å². The van der Waals surface area contributed by atoms with Crippen molar-refractivity contribution >= 4 is 27.5 Å². The van der Waals surface area contributed by atoms with E-state index in [1.807, 2.05) is 30.3 Å². The minimum absolute atomic E-state index is 0.0390. The molecule has 0 aromatic heterocycles. The predicted octanol–water partition coefficient (Wildman–Crippen LogP) is 1.57. The van der Waals surface area contributed by atoms with Crippen LogP contribution in [0.2, 0.25) is 0 Å². The first-order valence-electron chi connectivity index (χ1n) is 6.55. The molecule has 0 spiro atoms. The van der Waals surface area contributed by atoms with Crippen LogP contribution in [0, 0.1) is 0 Å². The molecule has 1 saturated heterocycles. The minimum Gasteiger partial charge on any atom is -0.341 e. The molecule has 1 aromatic rings. The van der Waals surface area contributed by atoms with Crippen LogP contribution in [0.5, 0.6) is 0 Å². The summed E-state index contributed by atoms with van der Waals surface area (Å²) >= 11 is 1.57. The molecule has 1 aliphatic heterocycles. The zero-order valence-corrected chi connectivity index (χ0v) is 13.1. The van der Waals surface area contributed by atoms with Crippen molar-refractivity contribution in [3.63, 3.8) is 0 Å². The van der Waals surface area contributed by atoms with Gasteiger partial charge in [0.1, 0.15) is 0 Å². The number of benzene rings is 1. The molecule has 0 bridgehead atoms. The smallest absolute Gasteiger partial charge is 0.232 e. The van der Waals surface area contributed by atoms with Crippen molar-refractivity contribution in [1.29, 1.82) is 0 Å². The number of nitrogens with zero attached hydrogens (tertiary/aromatic N) is 1. The summed E-state index contributed by atoms with van der Waals surface area (Å²) in [4.78, 5) is 13.7. The highest BCUT2D eigenvalue weighted by Gasteiger charge is 2.32. The van der Waals surface area contributed by atoms with Crippen LogP contribution in [0.15, 0.2) is 30.3 Å². The third-order valence-electron chi connectivity index (χ3n) is 3.44. The highest BCUT2D eigenvalue weighted by atomic mass is 32.2. The molecule has 0 aliphatic carbocycles. The van der Waals surface area contributed by atoms with Crippen molar-refractivity contribution in [3.05, 3.63) is 35.9 Å². The zero-order valence-electron chi connectivity index (χ0n) is 11.5. The highest BCUT2D eigenvalue weighted by molar-refractivity contribution is 7.99. The largest absolute Gasteiger partial charge is 0.341 e. The van der Waals surface area contributed by atoms with E-state index < -0.39 is 9.84 Å². The number of hydrogen-bond acceptors (Lipinski definition) is 4. The fourth-order valence-corrected chi connectivity index (χ4v) is 4.10. The molecule has 1 aromatic carbocycles. The molecule has 1 atom stereocenters. The Kier molecular flexibility index (Phi) is 5.10. The monoisotopic (exact) mass is 313 g/mol. The number of hydrogen-bond donors (Lipinski definition) is 0. The van der Waals surface area contributed by atoms with Crippen LogP contribution in [-0.4, -0.2) is 49.6 Å². The lowest BCUT2D eigenvalue weighted by Crippen LogP contribution is -2.32. The van der Waals surface area contributed by atoms with Crippen molar-refractivity contribution in [1.82, 2.24) is 4.90 Å². The Morgan fingerprint density at radius 3 is 2.65 bits per heavy atom. The van der Waals surface area contributed by atoms with Gasteiger partial charge in [0.15, 0.2) is 9.84 Å². The first kappa shape index (κ1) is 15.4. The Balaban J connectivity index is 1.76. The Morgan fingerprint density at radius 2 is 2.05 bits per heavy atom. The van der Waals surface area contributed by atoms with Crippen molar-refractivity contribution in [2.45, 2.75) is 17.4 Å². The molecule has 110 valence electrons. The van der Waals surface area contributed by atoms with E-state index in [-0.39, 0.29) is 11.2 Å². The van der Waals surface area contributed by atoms with Gasteiger partial charge in [-0.25, -0.2) is 8.42 Å². The van der Waals surface area contributed by atoms with Gasteiger partial charge in [0.05, 0.1) is 11.0 Å². The van der Waals surface area contributed by atoms with Gasteiger partial charge >= 0.3 is 0 Å². The zero-order chi connectivity index (χ0) is 14.6. The second-order valence-corrected chi connectivity index (χ2v) is 8.37. The van der Waals surface area contributed by atoms with Gasteiger partial charge in [-0.2, -0.15) is 0 Å². The van der Waals surface area contributed by atoms with Gasteiger partial charge in [-0.15, -0.1) is 11.8 Å². The van der Waals surface area contributed by atoms with E-state index in [2.05, 4.69) is 0 Å². The van der Waals surface area contributed by atoms with E-state index in [0.717, 1.165) is 5.75 Å². The van der Waals surface area contributed by atoms with E-state index in [9.17, 15) is 13.2 Å². The maximum atomic E-state index is 12.0. The summed E-state index contributed by atoms with van der Waals surface area (Å²) in [5.41, 5.74) is 1.20. The summed E-state index contributed by atoms with van der Waals surface area (Å²) in [6.07, 6.45) is 1.81. The minimum atomic E-state index is -3.03. The number of amides is 1. The Morgan fingerprint density at radius 1 is 1.35 bits per heavy atom. The van der Waals surface area contributed by atoms with Crippen LogP contribution >= 0.6 is 11.8 Å². The second-order valence-electron chi connectivity index (χ2n) is 5.06. The SMILES string of the molecule is CS(=O)(=O)C1CCN(C(=O)CSCc2ccccc2)C1. The lowest BCUT2D eigenvalue weighted by atomic mass is 10.2. The quantitative estimate of drug-likeness (QED) is 0.828. The molecular formula is C14H19NO3S2. The molecule has 2 rings (SSSR count). The number of rotatable bonds is 5. The average molecular weight is 313 g/mol. The topological polar surface area (TPSA) is 54.5 Å². The third-order valence-corrected chi connectivity index (χ3v) is 6.02. The number of carbonyl (C=O) groups excluding carboxylic acids is 1. The fourth-order valence-electron chi connectivity index (χ4n) is 2.23. The Hall–Kier alpha value is -1.01. The van der Waals surface area contributed by atoms with Crippen LogP contribution < -0.4 is 0 Å². The molecule has 4 nitrogen and oxygen atoms in total. The molecule has 1 amide bonds. The van der Waals surface area contributed by atoms with Gasteiger partial charge in [0.25, 0.3) is 0 Å². The number of carbonyl (C=O) groups is 1. The molecule has 1 unspecified atom stereocenters. The van der Waals surface area contributed by atoms with E-state index in [0.29, 0.717) is 25.3 Å². The normalized spacial score (nSPS) is 19.2. The van der Waals surface area contributed by atoms with Crippen LogP contribution in [-0.2, 0) is 20.4 Å². The predicted molar refractivity (Wildman–Crippen MR) is 82.4 cm³/mol. The standard InChI is InChI=1S/C14H19NO3S2/c1-20(17,18)13-7-8-15(9-13)14(16)11-19-10-12-5-3-2-4-6-12/h2-6,13H,7-11H2,1H3. The first-order chi connectivity index (χ1) is 9.47. The molecule has 20 heavy (non-hydrogen) atoms. The van der Waals surface area contributed by atoms with Gasteiger partial charge < -0.3 is 4.90 Å². The molecule has 1 fully saturated rings. The number of likely N-dealkylation sites (tertiary alicyclic amines) is 1. The summed E-state index contributed by atoms with van der Waals surface area (Å²) in [7, 11) is -3.03. The van der Waals surface area contributed by atoms with E-state index in [1.165, 1.54) is 11.8 Å². The first-order valence-corrected chi connectivity index (χ1v) is 9.66. The molecule has 1 aliphatic rings. The summed E-state index contributed by atoms with van der Waals surface area (Å²) < 4.78 is 22.9. The summed E-state index contributed by atoms with van der Waals surface area (Å²) in [6.45, 7) is 0.909. The molecule has 1 heterocycles. The number of thioether (sulfide) groups is 1. The maximum absolute atomic E-state index is 12.0. The molecule has 6 heteroatoms. The second kappa shape index (κ2) is 6.63. The lowest BCUT2D eigenvalue weighted by molar-refractivity contribution is -0.127. The van der Waals surface area contributed by atoms with Crippen LogP contribution in [0.1, 0.15) is 12.0 Å². The van der Waals surface area contributed by atoms with Gasteiger partial charge in [-0.05, 0) is 12.0 Å². The highest BCUT2D eigenvalue weighted by Crippen LogP contribution is 2.18. The molecule has 0 saturated carbocycles. The van der Waals surface area contributed by atoms with Gasteiger partial charge in [-0.3, -0.25) is 4.79 Å². The summed E-state index contributed by atoms with van der Waals surface area (Å²) in [5, 5.41) is -0.384. The van der Waals surface area contributed by atoms with Gasteiger partial charge in [0.2, 0.25) is 5.91 Å². The Bertz CT molecular complexity index is 557. The molecule has 0 radical (unpaired) electrons. The molecular weight excluding hydrogens is 294 g/mol. The summed E-state index contributed by atoms with van der Waals surface area (Å²) in [6, 6.07) is 10.00. The summed E-state index contributed by atoms with van der Waals surface area (Å²) in [5.74, 6) is 1.25. The van der Waals surface area contributed by atoms with Crippen molar-refractivity contribution in [3.8, 4) is 0 Å². The maximum Gasteiger partial charge on any atom is 0.232 e. The van der Waals surface area contributed by atoms with Crippen molar-refractivity contribution in [2.24, 2.45) is 0 Å².